The number of amides is 1. The minimum atomic E-state index is -0.817. The lowest BCUT2D eigenvalue weighted by Gasteiger charge is -2.13. The lowest BCUT2D eigenvalue weighted by molar-refractivity contribution is -0.143. The van der Waals surface area contributed by atoms with E-state index in [1.165, 1.54) is 0 Å². The first-order valence-corrected chi connectivity index (χ1v) is 6.00. The number of nitrogens with two attached hydrogens (primary N) is 1. The SMILES string of the molecule is CCOC(=O)C[C@@H](N)NC(=O)OCc1ccccc1. The van der Waals surface area contributed by atoms with Gasteiger partial charge in [0.2, 0.25) is 0 Å². The highest BCUT2D eigenvalue weighted by Gasteiger charge is 2.13. The monoisotopic (exact) mass is 266 g/mol. The van der Waals surface area contributed by atoms with Gasteiger partial charge in [0.1, 0.15) is 6.61 Å². The Bertz CT molecular complexity index is 408. The van der Waals surface area contributed by atoms with Gasteiger partial charge in [-0.2, -0.15) is 0 Å². The summed E-state index contributed by atoms with van der Waals surface area (Å²) in [6.45, 7) is 2.13. The highest BCUT2D eigenvalue weighted by molar-refractivity contribution is 5.72. The van der Waals surface area contributed by atoms with Gasteiger partial charge in [-0.1, -0.05) is 30.3 Å². The van der Waals surface area contributed by atoms with Crippen molar-refractivity contribution in [3.8, 4) is 0 Å². The molecule has 104 valence electrons. The topological polar surface area (TPSA) is 90.6 Å². The summed E-state index contributed by atoms with van der Waals surface area (Å²) in [6, 6.07) is 9.25. The van der Waals surface area contributed by atoms with E-state index < -0.39 is 18.2 Å². The first-order chi connectivity index (χ1) is 9.11. The van der Waals surface area contributed by atoms with Gasteiger partial charge in [0.25, 0.3) is 0 Å². The third-order valence-electron chi connectivity index (χ3n) is 2.21. The summed E-state index contributed by atoms with van der Waals surface area (Å²) in [5.74, 6) is -0.460. The summed E-state index contributed by atoms with van der Waals surface area (Å²) in [5, 5.41) is 2.36. The van der Waals surface area contributed by atoms with Crippen LogP contribution in [0.1, 0.15) is 18.9 Å². The van der Waals surface area contributed by atoms with E-state index in [4.69, 9.17) is 15.2 Å². The number of hydrogen-bond donors (Lipinski definition) is 2. The predicted molar refractivity (Wildman–Crippen MR) is 69.0 cm³/mol. The molecule has 6 nitrogen and oxygen atoms in total. The van der Waals surface area contributed by atoms with Gasteiger partial charge in [0, 0.05) is 0 Å². The normalized spacial score (nSPS) is 11.5. The van der Waals surface area contributed by atoms with Crippen molar-refractivity contribution < 1.29 is 19.1 Å². The molecule has 0 heterocycles. The number of ether oxygens (including phenoxy) is 2. The molecule has 3 N–H and O–H groups in total. The lowest BCUT2D eigenvalue weighted by atomic mass is 10.2. The Morgan fingerprint density at radius 2 is 1.95 bits per heavy atom. The van der Waals surface area contributed by atoms with Gasteiger partial charge in [-0.3, -0.25) is 4.79 Å². The summed E-state index contributed by atoms with van der Waals surface area (Å²) in [7, 11) is 0. The standard InChI is InChI=1S/C13H18N2O4/c1-2-18-12(16)8-11(14)15-13(17)19-9-10-6-4-3-5-7-10/h3-7,11H,2,8-9,14H2,1H3,(H,15,17)/t11-/m0/s1. The average Bonchev–Trinajstić information content (AvgIpc) is 2.37. The van der Waals surface area contributed by atoms with Crippen molar-refractivity contribution in [2.45, 2.75) is 26.1 Å². The van der Waals surface area contributed by atoms with Crippen LogP contribution in [0.25, 0.3) is 0 Å². The molecular weight excluding hydrogens is 248 g/mol. The van der Waals surface area contributed by atoms with Crippen LogP contribution in [0.15, 0.2) is 30.3 Å². The number of hydrogen-bond acceptors (Lipinski definition) is 5. The summed E-state index contributed by atoms with van der Waals surface area (Å²) < 4.78 is 9.67. The largest absolute Gasteiger partial charge is 0.466 e. The highest BCUT2D eigenvalue weighted by atomic mass is 16.5. The molecule has 1 aromatic rings. The Hall–Kier alpha value is -2.08. The van der Waals surface area contributed by atoms with Crippen LogP contribution in [0.3, 0.4) is 0 Å². The Morgan fingerprint density at radius 3 is 2.58 bits per heavy atom. The second kappa shape index (κ2) is 8.10. The molecule has 0 aliphatic heterocycles. The van der Waals surface area contributed by atoms with Gasteiger partial charge < -0.3 is 20.5 Å². The minimum Gasteiger partial charge on any atom is -0.466 e. The van der Waals surface area contributed by atoms with Crippen LogP contribution in [0.5, 0.6) is 0 Å². The molecule has 0 spiro atoms. The van der Waals surface area contributed by atoms with Gasteiger partial charge in [0.15, 0.2) is 0 Å². The van der Waals surface area contributed by atoms with Crippen LogP contribution in [0.4, 0.5) is 4.79 Å². The summed E-state index contributed by atoms with van der Waals surface area (Å²) >= 11 is 0. The fourth-order valence-electron chi connectivity index (χ4n) is 1.37. The lowest BCUT2D eigenvalue weighted by Crippen LogP contribution is -2.43. The van der Waals surface area contributed by atoms with Crippen molar-refractivity contribution in [3.63, 3.8) is 0 Å². The minimum absolute atomic E-state index is 0.0890. The van der Waals surface area contributed by atoms with E-state index in [1.807, 2.05) is 30.3 Å². The van der Waals surface area contributed by atoms with E-state index in [-0.39, 0.29) is 19.6 Å². The molecule has 0 saturated carbocycles. The van der Waals surface area contributed by atoms with Crippen LogP contribution in [0, 0.1) is 0 Å². The van der Waals surface area contributed by atoms with E-state index in [2.05, 4.69) is 5.32 Å². The second-order valence-corrected chi connectivity index (χ2v) is 3.82. The molecule has 19 heavy (non-hydrogen) atoms. The molecule has 6 heteroatoms. The predicted octanol–water partition coefficient (Wildman–Crippen LogP) is 1.15. The maximum absolute atomic E-state index is 11.4. The zero-order valence-corrected chi connectivity index (χ0v) is 10.8. The molecule has 0 aliphatic carbocycles. The molecule has 0 unspecified atom stereocenters. The van der Waals surface area contributed by atoms with Gasteiger partial charge in [0.05, 0.1) is 19.2 Å². The van der Waals surface area contributed by atoms with Crippen molar-refractivity contribution in [2.24, 2.45) is 5.73 Å². The van der Waals surface area contributed by atoms with Gasteiger partial charge >= 0.3 is 12.1 Å². The van der Waals surface area contributed by atoms with Crippen molar-refractivity contribution in [3.05, 3.63) is 35.9 Å². The van der Waals surface area contributed by atoms with Crippen molar-refractivity contribution in [1.82, 2.24) is 5.32 Å². The Balaban J connectivity index is 2.25. The smallest absolute Gasteiger partial charge is 0.408 e. The van der Waals surface area contributed by atoms with Crippen LogP contribution >= 0.6 is 0 Å². The number of rotatable bonds is 6. The van der Waals surface area contributed by atoms with Crippen LogP contribution in [0.2, 0.25) is 0 Å². The fourth-order valence-corrected chi connectivity index (χ4v) is 1.37. The molecule has 1 amide bonds. The second-order valence-electron chi connectivity index (χ2n) is 3.82. The quantitative estimate of drug-likeness (QED) is 0.595. The van der Waals surface area contributed by atoms with Gasteiger partial charge in [-0.25, -0.2) is 4.79 Å². The van der Waals surface area contributed by atoms with Crippen molar-refractivity contribution in [1.29, 1.82) is 0 Å². The van der Waals surface area contributed by atoms with Gasteiger partial charge in [-0.05, 0) is 12.5 Å². The van der Waals surface area contributed by atoms with Crippen LogP contribution < -0.4 is 11.1 Å². The van der Waals surface area contributed by atoms with Crippen LogP contribution in [-0.4, -0.2) is 24.8 Å². The number of alkyl carbamates (subject to hydrolysis) is 1. The van der Waals surface area contributed by atoms with E-state index >= 15 is 0 Å². The summed E-state index contributed by atoms with van der Waals surface area (Å²) in [6.07, 6.45) is -1.57. The van der Waals surface area contributed by atoms with E-state index in [9.17, 15) is 9.59 Å². The van der Waals surface area contributed by atoms with Crippen molar-refractivity contribution >= 4 is 12.1 Å². The molecule has 1 aromatic carbocycles. The average molecular weight is 266 g/mol. The third kappa shape index (κ3) is 6.42. The third-order valence-corrected chi connectivity index (χ3v) is 2.21. The van der Waals surface area contributed by atoms with E-state index in [1.54, 1.807) is 6.92 Å². The molecule has 0 saturated heterocycles. The Labute approximate surface area is 111 Å². The van der Waals surface area contributed by atoms with Crippen molar-refractivity contribution in [2.75, 3.05) is 6.61 Å². The summed E-state index contributed by atoms with van der Waals surface area (Å²) in [5.41, 5.74) is 6.43. The molecule has 0 fully saturated rings. The molecule has 0 aromatic heterocycles. The number of benzene rings is 1. The molecule has 0 radical (unpaired) electrons. The first kappa shape index (κ1) is 15.0. The van der Waals surface area contributed by atoms with Crippen LogP contribution in [-0.2, 0) is 20.9 Å². The molecule has 1 atom stereocenters. The number of nitrogens with one attached hydrogen (secondary N) is 1. The van der Waals surface area contributed by atoms with E-state index in [0.717, 1.165) is 5.56 Å². The maximum atomic E-state index is 11.4. The first-order valence-electron chi connectivity index (χ1n) is 6.00. The van der Waals surface area contributed by atoms with E-state index in [0.29, 0.717) is 0 Å². The summed E-state index contributed by atoms with van der Waals surface area (Å²) in [4.78, 5) is 22.5. The number of carbonyl (C=O) groups excluding carboxylic acids is 2. The highest BCUT2D eigenvalue weighted by Crippen LogP contribution is 2.00. The Kier molecular flexibility index (Phi) is 6.38. The maximum Gasteiger partial charge on any atom is 0.408 e. The fraction of sp³-hybridized carbons (Fsp3) is 0.385. The molecule has 1 rings (SSSR count). The molecular formula is C13H18N2O4. The van der Waals surface area contributed by atoms with Gasteiger partial charge in [-0.15, -0.1) is 0 Å². The number of esters is 1. The Morgan fingerprint density at radius 1 is 1.26 bits per heavy atom. The molecule has 0 aliphatic rings. The number of carbonyl (C=O) groups is 2. The zero-order valence-electron chi connectivity index (χ0n) is 10.8. The molecule has 0 bridgehead atoms. The zero-order chi connectivity index (χ0) is 14.1.